The highest BCUT2D eigenvalue weighted by atomic mass is 32.2. The molecule has 20 heavy (non-hydrogen) atoms. The Morgan fingerprint density at radius 1 is 1.05 bits per heavy atom. The van der Waals surface area contributed by atoms with Gasteiger partial charge in [0.25, 0.3) is 0 Å². The van der Waals surface area contributed by atoms with Gasteiger partial charge in [-0.2, -0.15) is 0 Å². The molecule has 0 fully saturated rings. The second kappa shape index (κ2) is 6.43. The van der Waals surface area contributed by atoms with Gasteiger partial charge in [-0.25, -0.2) is 0 Å². The summed E-state index contributed by atoms with van der Waals surface area (Å²) in [6, 6.07) is 12.6. The third-order valence-electron chi connectivity index (χ3n) is 2.83. The van der Waals surface area contributed by atoms with E-state index in [2.05, 4.69) is 0 Å². The Bertz CT molecular complexity index is 628. The first-order chi connectivity index (χ1) is 9.62. The van der Waals surface area contributed by atoms with E-state index in [4.69, 9.17) is 15.2 Å². The van der Waals surface area contributed by atoms with Crippen molar-refractivity contribution in [2.45, 2.75) is 10.6 Å². The average molecular weight is 291 g/mol. The van der Waals surface area contributed by atoms with Crippen molar-refractivity contribution in [3.05, 3.63) is 48.0 Å². The molecule has 2 rings (SSSR count). The lowest BCUT2D eigenvalue weighted by molar-refractivity contribution is 0.413. The molecule has 2 aromatic rings. The smallest absolute Gasteiger partial charge is 0.121 e. The van der Waals surface area contributed by atoms with Crippen LogP contribution in [0.1, 0.15) is 5.56 Å². The maximum absolute atomic E-state index is 12.4. The molecule has 0 aliphatic rings. The van der Waals surface area contributed by atoms with E-state index in [1.807, 2.05) is 24.3 Å². The number of ether oxygens (including phenoxy) is 2. The largest absolute Gasteiger partial charge is 0.497 e. The number of hydrogen-bond acceptors (Lipinski definition) is 4. The van der Waals surface area contributed by atoms with Gasteiger partial charge in [0.1, 0.15) is 11.5 Å². The van der Waals surface area contributed by atoms with E-state index in [9.17, 15) is 4.21 Å². The fourth-order valence-electron chi connectivity index (χ4n) is 1.86. The number of nitrogen functional groups attached to an aromatic ring is 1. The summed E-state index contributed by atoms with van der Waals surface area (Å²) in [5.41, 5.74) is 7.27. The number of benzene rings is 2. The molecule has 0 aliphatic carbocycles. The summed E-state index contributed by atoms with van der Waals surface area (Å²) >= 11 is 0. The third kappa shape index (κ3) is 3.51. The second-order valence-electron chi connectivity index (χ2n) is 4.28. The first-order valence-electron chi connectivity index (χ1n) is 6.08. The maximum Gasteiger partial charge on any atom is 0.121 e. The molecule has 106 valence electrons. The highest BCUT2D eigenvalue weighted by molar-refractivity contribution is 7.84. The minimum Gasteiger partial charge on any atom is -0.497 e. The summed E-state index contributed by atoms with van der Waals surface area (Å²) in [7, 11) is 2.01. The SMILES string of the molecule is COc1cc(N)cc(CS(=O)c2cccc(OC)c2)c1. The molecule has 0 spiro atoms. The van der Waals surface area contributed by atoms with Crippen LogP contribution in [0, 0.1) is 0 Å². The van der Waals surface area contributed by atoms with E-state index < -0.39 is 10.8 Å². The number of methoxy groups -OCH3 is 2. The first kappa shape index (κ1) is 14.4. The predicted octanol–water partition coefficient (Wildman–Crippen LogP) is 2.59. The fraction of sp³-hybridized carbons (Fsp3) is 0.200. The summed E-state index contributed by atoms with van der Waals surface area (Å²) in [5, 5.41) is 0. The zero-order chi connectivity index (χ0) is 14.5. The van der Waals surface area contributed by atoms with Crippen molar-refractivity contribution in [3.8, 4) is 11.5 Å². The number of anilines is 1. The predicted molar refractivity (Wildman–Crippen MR) is 80.5 cm³/mol. The molecule has 5 heteroatoms. The van der Waals surface area contributed by atoms with Crippen molar-refractivity contribution in [1.29, 1.82) is 0 Å². The second-order valence-corrected chi connectivity index (χ2v) is 5.73. The third-order valence-corrected chi connectivity index (χ3v) is 4.20. The molecule has 4 nitrogen and oxygen atoms in total. The minimum absolute atomic E-state index is 0.383. The lowest BCUT2D eigenvalue weighted by Gasteiger charge is -2.08. The zero-order valence-corrected chi connectivity index (χ0v) is 12.3. The summed E-state index contributed by atoms with van der Waals surface area (Å²) in [5.74, 6) is 1.75. The van der Waals surface area contributed by atoms with Crippen molar-refractivity contribution in [2.75, 3.05) is 20.0 Å². The van der Waals surface area contributed by atoms with Gasteiger partial charge in [0, 0.05) is 16.6 Å². The van der Waals surface area contributed by atoms with Gasteiger partial charge in [0.2, 0.25) is 0 Å². The van der Waals surface area contributed by atoms with Gasteiger partial charge in [-0.1, -0.05) is 6.07 Å². The molecular formula is C15H17NO3S. The van der Waals surface area contributed by atoms with E-state index in [0.717, 1.165) is 10.5 Å². The van der Waals surface area contributed by atoms with E-state index in [1.54, 1.807) is 32.4 Å². The van der Waals surface area contributed by atoms with Gasteiger partial charge >= 0.3 is 0 Å². The zero-order valence-electron chi connectivity index (χ0n) is 11.5. The monoisotopic (exact) mass is 291 g/mol. The molecule has 0 saturated heterocycles. The van der Waals surface area contributed by atoms with E-state index in [0.29, 0.717) is 22.9 Å². The molecule has 0 aliphatic heterocycles. The van der Waals surface area contributed by atoms with Crippen LogP contribution in [0.15, 0.2) is 47.4 Å². The number of nitrogens with two attached hydrogens (primary N) is 1. The standard InChI is InChI=1S/C15H17NO3S/c1-18-13-4-3-5-15(9-13)20(17)10-11-6-12(16)8-14(7-11)19-2/h3-9H,10,16H2,1-2H3. The van der Waals surface area contributed by atoms with Gasteiger partial charge in [-0.05, 0) is 35.9 Å². The van der Waals surface area contributed by atoms with E-state index >= 15 is 0 Å². The van der Waals surface area contributed by atoms with Crippen LogP contribution in [0.25, 0.3) is 0 Å². The molecule has 2 N–H and O–H groups in total. The molecule has 0 heterocycles. The summed E-state index contributed by atoms with van der Waals surface area (Å²) in [6.45, 7) is 0. The lowest BCUT2D eigenvalue weighted by Crippen LogP contribution is -1.99. The molecule has 0 aromatic heterocycles. The molecular weight excluding hydrogens is 274 g/mol. The Labute approximate surface area is 121 Å². The Morgan fingerprint density at radius 3 is 2.50 bits per heavy atom. The van der Waals surface area contributed by atoms with Gasteiger partial charge in [-0.3, -0.25) is 4.21 Å². The van der Waals surface area contributed by atoms with Crippen LogP contribution < -0.4 is 15.2 Å². The van der Waals surface area contributed by atoms with E-state index in [1.165, 1.54) is 0 Å². The highest BCUT2D eigenvalue weighted by Gasteiger charge is 2.08. The average Bonchev–Trinajstić information content (AvgIpc) is 2.46. The number of rotatable bonds is 5. The highest BCUT2D eigenvalue weighted by Crippen LogP contribution is 2.22. The van der Waals surface area contributed by atoms with Crippen molar-refractivity contribution in [3.63, 3.8) is 0 Å². The lowest BCUT2D eigenvalue weighted by atomic mass is 10.2. The van der Waals surface area contributed by atoms with Gasteiger partial charge in [-0.15, -0.1) is 0 Å². The molecule has 1 atom stereocenters. The van der Waals surface area contributed by atoms with Crippen LogP contribution in [0.2, 0.25) is 0 Å². The van der Waals surface area contributed by atoms with Crippen LogP contribution in [-0.4, -0.2) is 18.4 Å². The Hall–Kier alpha value is -2.01. The normalized spacial score (nSPS) is 11.9. The Kier molecular flexibility index (Phi) is 4.63. The van der Waals surface area contributed by atoms with Crippen LogP contribution in [0.3, 0.4) is 0 Å². The topological polar surface area (TPSA) is 61.5 Å². The first-order valence-corrected chi connectivity index (χ1v) is 7.40. The van der Waals surface area contributed by atoms with Crippen LogP contribution in [0.4, 0.5) is 5.69 Å². The van der Waals surface area contributed by atoms with Gasteiger partial charge in [0.05, 0.1) is 30.8 Å². The van der Waals surface area contributed by atoms with Crippen LogP contribution in [-0.2, 0) is 16.6 Å². The maximum atomic E-state index is 12.4. The van der Waals surface area contributed by atoms with Gasteiger partial charge < -0.3 is 15.2 Å². The molecule has 0 radical (unpaired) electrons. The summed E-state index contributed by atoms with van der Waals surface area (Å²) < 4.78 is 22.7. The van der Waals surface area contributed by atoms with Crippen LogP contribution in [0.5, 0.6) is 11.5 Å². The summed E-state index contributed by atoms with van der Waals surface area (Å²) in [6.07, 6.45) is 0. The Morgan fingerprint density at radius 2 is 1.80 bits per heavy atom. The van der Waals surface area contributed by atoms with Crippen molar-refractivity contribution in [1.82, 2.24) is 0 Å². The summed E-state index contributed by atoms with van der Waals surface area (Å²) in [4.78, 5) is 0.728. The van der Waals surface area contributed by atoms with E-state index in [-0.39, 0.29) is 0 Å². The fourth-order valence-corrected chi connectivity index (χ4v) is 2.98. The molecule has 1 unspecified atom stereocenters. The number of hydrogen-bond donors (Lipinski definition) is 1. The minimum atomic E-state index is -1.16. The molecule has 0 amide bonds. The van der Waals surface area contributed by atoms with Gasteiger partial charge in [0.15, 0.2) is 0 Å². The van der Waals surface area contributed by atoms with Crippen molar-refractivity contribution >= 4 is 16.5 Å². The van der Waals surface area contributed by atoms with Crippen molar-refractivity contribution < 1.29 is 13.7 Å². The van der Waals surface area contributed by atoms with Crippen LogP contribution >= 0.6 is 0 Å². The molecule has 0 bridgehead atoms. The molecule has 2 aromatic carbocycles. The molecule has 0 saturated carbocycles. The van der Waals surface area contributed by atoms with Crippen molar-refractivity contribution in [2.24, 2.45) is 0 Å². The quantitative estimate of drug-likeness (QED) is 0.860. The Balaban J connectivity index is 2.20.